The summed E-state index contributed by atoms with van der Waals surface area (Å²) in [6, 6.07) is 13.3. The highest BCUT2D eigenvalue weighted by molar-refractivity contribution is 7.12. The summed E-state index contributed by atoms with van der Waals surface area (Å²) in [6.45, 7) is 1.94. The predicted octanol–water partition coefficient (Wildman–Crippen LogP) is 5.89. The summed E-state index contributed by atoms with van der Waals surface area (Å²) in [5, 5.41) is 2.24. The highest BCUT2D eigenvalue weighted by Crippen LogP contribution is 2.37. The van der Waals surface area contributed by atoms with Crippen molar-refractivity contribution >= 4 is 17.0 Å². The molecular formula is C18H14F4N2S. The summed E-state index contributed by atoms with van der Waals surface area (Å²) in [5.74, 6) is -0.288. The van der Waals surface area contributed by atoms with Crippen molar-refractivity contribution in [1.82, 2.24) is 4.98 Å². The number of halogens is 4. The fraction of sp³-hybridized carbons (Fsp3) is 0.167. The van der Waals surface area contributed by atoms with Crippen molar-refractivity contribution < 1.29 is 17.6 Å². The number of hydrogen-bond acceptors (Lipinski definition) is 3. The van der Waals surface area contributed by atoms with Crippen LogP contribution in [0.1, 0.15) is 15.4 Å². The van der Waals surface area contributed by atoms with Gasteiger partial charge in [-0.15, -0.1) is 11.3 Å². The minimum absolute atomic E-state index is 0.288. The molecule has 0 aliphatic heterocycles. The molecule has 2 aromatic carbocycles. The van der Waals surface area contributed by atoms with Crippen molar-refractivity contribution in [2.45, 2.75) is 19.6 Å². The van der Waals surface area contributed by atoms with Crippen LogP contribution in [0.2, 0.25) is 0 Å². The van der Waals surface area contributed by atoms with Crippen molar-refractivity contribution in [3.05, 3.63) is 69.8 Å². The Labute approximate surface area is 146 Å². The smallest absolute Gasteiger partial charge is 0.381 e. The second-order valence-corrected chi connectivity index (χ2v) is 6.65. The second kappa shape index (κ2) is 6.84. The van der Waals surface area contributed by atoms with Gasteiger partial charge in [-0.05, 0) is 25.1 Å². The zero-order valence-electron chi connectivity index (χ0n) is 13.2. The maximum atomic E-state index is 13.6. The maximum Gasteiger partial charge on any atom is 0.443 e. The molecule has 7 heteroatoms. The van der Waals surface area contributed by atoms with E-state index in [2.05, 4.69) is 10.3 Å². The fourth-order valence-electron chi connectivity index (χ4n) is 2.37. The van der Waals surface area contributed by atoms with Crippen LogP contribution in [0.5, 0.6) is 0 Å². The Hall–Kier alpha value is -2.41. The van der Waals surface area contributed by atoms with Crippen molar-refractivity contribution in [2.75, 3.05) is 5.32 Å². The number of nitrogens with zero attached hydrogens (tertiary/aromatic N) is 1. The molecule has 3 rings (SSSR count). The molecule has 0 unspecified atom stereocenters. The van der Waals surface area contributed by atoms with Gasteiger partial charge in [0.2, 0.25) is 0 Å². The first-order valence-electron chi connectivity index (χ1n) is 7.47. The lowest BCUT2D eigenvalue weighted by Crippen LogP contribution is -2.03. The molecule has 0 saturated heterocycles. The van der Waals surface area contributed by atoms with Gasteiger partial charge in [-0.1, -0.05) is 30.3 Å². The molecule has 3 aromatic rings. The van der Waals surface area contributed by atoms with Crippen molar-refractivity contribution in [2.24, 2.45) is 0 Å². The number of rotatable bonds is 4. The van der Waals surface area contributed by atoms with Crippen LogP contribution in [0.3, 0.4) is 0 Å². The van der Waals surface area contributed by atoms with E-state index in [0.717, 1.165) is 5.69 Å². The SMILES string of the molecule is Cc1sc(C(F)(F)F)nc1-c1ccc(NCc2ccccc2F)cc1. The third-order valence-electron chi connectivity index (χ3n) is 3.64. The van der Waals surface area contributed by atoms with Gasteiger partial charge in [0.05, 0.1) is 5.69 Å². The number of aryl methyl sites for hydroxylation is 1. The van der Waals surface area contributed by atoms with Crippen LogP contribution in [0.15, 0.2) is 48.5 Å². The molecule has 0 amide bonds. The molecule has 25 heavy (non-hydrogen) atoms. The largest absolute Gasteiger partial charge is 0.443 e. The Balaban J connectivity index is 1.75. The molecule has 0 spiro atoms. The molecule has 0 aliphatic carbocycles. The Morgan fingerprint density at radius 1 is 1.04 bits per heavy atom. The van der Waals surface area contributed by atoms with Gasteiger partial charge in [0.15, 0.2) is 5.01 Å². The molecule has 2 nitrogen and oxygen atoms in total. The first-order chi connectivity index (χ1) is 11.8. The Bertz CT molecular complexity index is 870. The summed E-state index contributed by atoms with van der Waals surface area (Å²) >= 11 is 0.636. The molecule has 0 saturated carbocycles. The van der Waals surface area contributed by atoms with Crippen LogP contribution in [0, 0.1) is 12.7 Å². The lowest BCUT2D eigenvalue weighted by atomic mass is 10.1. The highest BCUT2D eigenvalue weighted by Gasteiger charge is 2.35. The van der Waals surface area contributed by atoms with Gasteiger partial charge in [0, 0.05) is 28.2 Å². The van der Waals surface area contributed by atoms with E-state index in [0.29, 0.717) is 39.6 Å². The van der Waals surface area contributed by atoms with Crippen molar-refractivity contribution in [3.63, 3.8) is 0 Å². The van der Waals surface area contributed by atoms with Gasteiger partial charge in [-0.2, -0.15) is 13.2 Å². The van der Waals surface area contributed by atoms with Gasteiger partial charge < -0.3 is 5.32 Å². The van der Waals surface area contributed by atoms with E-state index in [-0.39, 0.29) is 5.82 Å². The summed E-state index contributed by atoms with van der Waals surface area (Å²) < 4.78 is 51.9. The fourth-order valence-corrected chi connectivity index (χ4v) is 3.17. The summed E-state index contributed by atoms with van der Waals surface area (Å²) in [4.78, 5) is 4.22. The van der Waals surface area contributed by atoms with Crippen LogP contribution in [-0.4, -0.2) is 4.98 Å². The zero-order chi connectivity index (χ0) is 18.0. The predicted molar refractivity (Wildman–Crippen MR) is 91.0 cm³/mol. The van der Waals surface area contributed by atoms with Crippen molar-refractivity contribution in [3.8, 4) is 11.3 Å². The molecule has 0 radical (unpaired) electrons. The molecule has 0 fully saturated rings. The average molecular weight is 366 g/mol. The minimum atomic E-state index is -4.44. The minimum Gasteiger partial charge on any atom is -0.381 e. The van der Waals surface area contributed by atoms with Gasteiger partial charge in [0.1, 0.15) is 5.82 Å². The second-order valence-electron chi connectivity index (χ2n) is 5.44. The third-order valence-corrected chi connectivity index (χ3v) is 4.65. The van der Waals surface area contributed by atoms with Crippen molar-refractivity contribution in [1.29, 1.82) is 0 Å². The summed E-state index contributed by atoms with van der Waals surface area (Å²) in [7, 11) is 0. The van der Waals surface area contributed by atoms with Crippen LogP contribution < -0.4 is 5.32 Å². The molecule has 1 aromatic heterocycles. The van der Waals surface area contributed by atoms with Crippen LogP contribution in [0.4, 0.5) is 23.2 Å². The number of anilines is 1. The zero-order valence-corrected chi connectivity index (χ0v) is 14.0. The highest BCUT2D eigenvalue weighted by atomic mass is 32.1. The van der Waals surface area contributed by atoms with E-state index < -0.39 is 11.2 Å². The lowest BCUT2D eigenvalue weighted by molar-refractivity contribution is -0.137. The molecule has 0 atom stereocenters. The van der Waals surface area contributed by atoms with Crippen LogP contribution in [0.25, 0.3) is 11.3 Å². The number of thiazole rings is 1. The van der Waals surface area contributed by atoms with Gasteiger partial charge in [-0.25, -0.2) is 9.37 Å². The molecule has 0 bridgehead atoms. The average Bonchev–Trinajstić information content (AvgIpc) is 2.97. The molecule has 130 valence electrons. The monoisotopic (exact) mass is 366 g/mol. The Morgan fingerprint density at radius 2 is 1.72 bits per heavy atom. The number of aromatic nitrogens is 1. The summed E-state index contributed by atoms with van der Waals surface area (Å²) in [6.07, 6.45) is -4.44. The number of benzene rings is 2. The molecule has 1 heterocycles. The Kier molecular flexibility index (Phi) is 4.76. The number of hydrogen-bond donors (Lipinski definition) is 1. The number of nitrogens with one attached hydrogen (secondary N) is 1. The van der Waals surface area contributed by atoms with Gasteiger partial charge >= 0.3 is 6.18 Å². The van der Waals surface area contributed by atoms with E-state index in [4.69, 9.17) is 0 Å². The van der Waals surface area contributed by atoms with E-state index in [1.54, 1.807) is 49.4 Å². The quantitative estimate of drug-likeness (QED) is 0.583. The maximum absolute atomic E-state index is 13.6. The lowest BCUT2D eigenvalue weighted by Gasteiger charge is -2.08. The van der Waals surface area contributed by atoms with E-state index in [1.165, 1.54) is 6.07 Å². The Morgan fingerprint density at radius 3 is 2.32 bits per heavy atom. The normalized spacial score (nSPS) is 11.6. The van der Waals surface area contributed by atoms with E-state index >= 15 is 0 Å². The molecule has 1 N–H and O–H groups in total. The van der Waals surface area contributed by atoms with E-state index in [1.807, 2.05) is 0 Å². The molecule has 0 aliphatic rings. The standard InChI is InChI=1S/C18H14F4N2S/c1-11-16(24-17(25-11)18(20,21)22)12-6-8-14(9-7-12)23-10-13-4-2-3-5-15(13)19/h2-9,23H,10H2,1H3. The molecular weight excluding hydrogens is 352 g/mol. The van der Waals surface area contributed by atoms with Gasteiger partial charge in [-0.3, -0.25) is 0 Å². The van der Waals surface area contributed by atoms with Crippen LogP contribution in [-0.2, 0) is 12.7 Å². The van der Waals surface area contributed by atoms with E-state index in [9.17, 15) is 17.6 Å². The van der Waals surface area contributed by atoms with Crippen LogP contribution >= 0.6 is 11.3 Å². The summed E-state index contributed by atoms with van der Waals surface area (Å²) in [5.41, 5.74) is 2.23. The first kappa shape index (κ1) is 17.4. The number of alkyl halides is 3. The third kappa shape index (κ3) is 3.99. The topological polar surface area (TPSA) is 24.9 Å². The first-order valence-corrected chi connectivity index (χ1v) is 8.28. The van der Waals surface area contributed by atoms with Gasteiger partial charge in [0.25, 0.3) is 0 Å².